The fourth-order valence-corrected chi connectivity index (χ4v) is 3.89. The molecule has 0 aromatic rings. The van der Waals surface area contributed by atoms with Crippen LogP contribution in [0.15, 0.2) is 28.1 Å². The summed E-state index contributed by atoms with van der Waals surface area (Å²) in [5.41, 5.74) is 1.32. The molecular formula is C15H20ClNO4S. The maximum absolute atomic E-state index is 12.3. The van der Waals surface area contributed by atoms with E-state index in [2.05, 4.69) is 5.16 Å². The van der Waals surface area contributed by atoms with Crippen LogP contribution in [0.1, 0.15) is 32.6 Å². The molecule has 22 heavy (non-hydrogen) atoms. The number of carbonyl (C=O) groups excluding carboxylic acids is 1. The molecule has 1 N–H and O–H groups in total. The fourth-order valence-electron chi connectivity index (χ4n) is 2.58. The number of hydrogen-bond acceptors (Lipinski definition) is 6. The Morgan fingerprint density at radius 2 is 2.27 bits per heavy atom. The van der Waals surface area contributed by atoms with Crippen molar-refractivity contribution in [3.63, 3.8) is 0 Å². The molecule has 5 nitrogen and oxygen atoms in total. The van der Waals surface area contributed by atoms with E-state index >= 15 is 0 Å². The average Bonchev–Trinajstić information content (AvgIpc) is 2.49. The standard InChI is InChI=1S/C15H20ClNO4S/c1-2-11(17-20-7-3-6-16)13-12(18)10-15(21-14(13)19)4-8-22-9-5-15/h3,6,18H,2,4-5,7-10H2,1H3. The van der Waals surface area contributed by atoms with Gasteiger partial charge in [0.15, 0.2) is 0 Å². The van der Waals surface area contributed by atoms with Crippen LogP contribution in [-0.2, 0) is 14.4 Å². The maximum atomic E-state index is 12.3. The summed E-state index contributed by atoms with van der Waals surface area (Å²) in [6.45, 7) is 2.05. The number of rotatable bonds is 5. The highest BCUT2D eigenvalue weighted by atomic mass is 35.5. The molecule has 0 saturated carbocycles. The van der Waals surface area contributed by atoms with Crippen molar-refractivity contribution in [1.29, 1.82) is 0 Å². The summed E-state index contributed by atoms with van der Waals surface area (Å²) >= 11 is 7.24. The predicted molar refractivity (Wildman–Crippen MR) is 88.3 cm³/mol. The van der Waals surface area contributed by atoms with Gasteiger partial charge in [-0.15, -0.1) is 0 Å². The van der Waals surface area contributed by atoms with Gasteiger partial charge in [0.25, 0.3) is 0 Å². The Balaban J connectivity index is 2.17. The first-order valence-electron chi connectivity index (χ1n) is 7.29. The molecule has 2 rings (SSSR count). The van der Waals surface area contributed by atoms with Crippen LogP contribution >= 0.6 is 23.4 Å². The number of carbonyl (C=O) groups is 1. The number of hydrogen-bond donors (Lipinski definition) is 1. The van der Waals surface area contributed by atoms with Gasteiger partial charge in [0, 0.05) is 12.0 Å². The molecule has 0 aromatic carbocycles. The van der Waals surface area contributed by atoms with Crippen LogP contribution < -0.4 is 0 Å². The zero-order valence-electron chi connectivity index (χ0n) is 12.5. The molecule has 2 aliphatic heterocycles. The van der Waals surface area contributed by atoms with E-state index in [1.165, 1.54) is 5.54 Å². The first-order chi connectivity index (χ1) is 10.6. The number of esters is 1. The van der Waals surface area contributed by atoms with E-state index in [0.29, 0.717) is 18.6 Å². The fraction of sp³-hybridized carbons (Fsp3) is 0.600. The van der Waals surface area contributed by atoms with Gasteiger partial charge in [-0.05, 0) is 36.8 Å². The second-order valence-corrected chi connectivity index (χ2v) is 6.71. The third kappa shape index (κ3) is 3.98. The molecule has 1 fully saturated rings. The molecule has 7 heteroatoms. The summed E-state index contributed by atoms with van der Waals surface area (Å²) in [5.74, 6) is 1.43. The van der Waals surface area contributed by atoms with Crippen LogP contribution in [0.3, 0.4) is 0 Å². The van der Waals surface area contributed by atoms with Crippen molar-refractivity contribution in [2.75, 3.05) is 18.1 Å². The Morgan fingerprint density at radius 3 is 2.86 bits per heavy atom. The quantitative estimate of drug-likeness (QED) is 0.357. The van der Waals surface area contributed by atoms with Crippen LogP contribution in [-0.4, -0.2) is 40.5 Å². The van der Waals surface area contributed by atoms with Crippen LogP contribution in [0.25, 0.3) is 0 Å². The van der Waals surface area contributed by atoms with Crippen LogP contribution in [0.4, 0.5) is 0 Å². The zero-order valence-corrected chi connectivity index (χ0v) is 14.1. The van der Waals surface area contributed by atoms with E-state index in [9.17, 15) is 9.90 Å². The third-order valence-electron chi connectivity index (χ3n) is 3.75. The second-order valence-electron chi connectivity index (χ2n) is 5.23. The van der Waals surface area contributed by atoms with E-state index in [-0.39, 0.29) is 17.9 Å². The SMILES string of the molecule is CCC(=NOCC=CCl)C1=C(O)CC2(CCSCC2)OC1=O. The lowest BCUT2D eigenvalue weighted by Crippen LogP contribution is -2.44. The van der Waals surface area contributed by atoms with Gasteiger partial charge in [0.05, 0.1) is 5.71 Å². The van der Waals surface area contributed by atoms with Crippen LogP contribution in [0.2, 0.25) is 0 Å². The lowest BCUT2D eigenvalue weighted by Gasteiger charge is -2.39. The lowest BCUT2D eigenvalue weighted by atomic mass is 9.87. The van der Waals surface area contributed by atoms with E-state index < -0.39 is 11.6 Å². The van der Waals surface area contributed by atoms with Gasteiger partial charge in [0.2, 0.25) is 0 Å². The van der Waals surface area contributed by atoms with Crippen molar-refractivity contribution < 1.29 is 19.5 Å². The Labute approximate surface area is 139 Å². The summed E-state index contributed by atoms with van der Waals surface area (Å²) in [5, 5.41) is 14.3. The van der Waals surface area contributed by atoms with Crippen molar-refractivity contribution in [2.45, 2.75) is 38.2 Å². The Morgan fingerprint density at radius 1 is 1.55 bits per heavy atom. The maximum Gasteiger partial charge on any atom is 0.344 e. The molecule has 0 aromatic heterocycles. The molecule has 122 valence electrons. The molecule has 0 amide bonds. The van der Waals surface area contributed by atoms with Gasteiger partial charge in [-0.2, -0.15) is 11.8 Å². The number of aliphatic hydroxyl groups is 1. The number of thioether (sulfide) groups is 1. The molecule has 2 heterocycles. The van der Waals surface area contributed by atoms with E-state index in [4.69, 9.17) is 21.2 Å². The minimum Gasteiger partial charge on any atom is -0.511 e. The van der Waals surface area contributed by atoms with E-state index in [1.807, 2.05) is 18.7 Å². The van der Waals surface area contributed by atoms with E-state index in [1.54, 1.807) is 6.08 Å². The highest BCUT2D eigenvalue weighted by molar-refractivity contribution is 7.99. The highest BCUT2D eigenvalue weighted by Crippen LogP contribution is 2.39. The molecule has 2 aliphatic rings. The molecule has 1 spiro atoms. The Bertz CT molecular complexity index is 510. The Kier molecular flexibility index (Phi) is 6.20. The van der Waals surface area contributed by atoms with Gasteiger partial charge < -0.3 is 14.7 Å². The van der Waals surface area contributed by atoms with Crippen molar-refractivity contribution in [3.8, 4) is 0 Å². The van der Waals surface area contributed by atoms with E-state index in [0.717, 1.165) is 24.3 Å². The van der Waals surface area contributed by atoms with Gasteiger partial charge >= 0.3 is 5.97 Å². The molecule has 0 bridgehead atoms. The largest absolute Gasteiger partial charge is 0.511 e. The van der Waals surface area contributed by atoms with Gasteiger partial charge in [-0.1, -0.05) is 23.7 Å². The normalized spacial score (nSPS) is 22.3. The van der Waals surface area contributed by atoms with Gasteiger partial charge in [-0.3, -0.25) is 0 Å². The topological polar surface area (TPSA) is 68.1 Å². The zero-order chi connectivity index (χ0) is 16.0. The number of halogens is 1. The average molecular weight is 346 g/mol. The van der Waals surface area contributed by atoms with Crippen molar-refractivity contribution in [3.05, 3.63) is 22.9 Å². The molecule has 1 saturated heterocycles. The third-order valence-corrected chi connectivity index (χ3v) is 4.92. The summed E-state index contributed by atoms with van der Waals surface area (Å²) in [6.07, 6.45) is 3.95. The lowest BCUT2D eigenvalue weighted by molar-refractivity contribution is -0.158. The minimum absolute atomic E-state index is 0.0558. The number of oxime groups is 1. The summed E-state index contributed by atoms with van der Waals surface area (Å²) in [4.78, 5) is 17.4. The van der Waals surface area contributed by atoms with Crippen LogP contribution in [0, 0.1) is 0 Å². The van der Waals surface area contributed by atoms with Crippen molar-refractivity contribution in [1.82, 2.24) is 0 Å². The van der Waals surface area contributed by atoms with Crippen molar-refractivity contribution >= 4 is 35.0 Å². The van der Waals surface area contributed by atoms with Crippen LogP contribution in [0.5, 0.6) is 0 Å². The number of ether oxygens (including phenoxy) is 1. The summed E-state index contributed by atoms with van der Waals surface area (Å²) in [6, 6.07) is 0. The first kappa shape index (κ1) is 17.2. The van der Waals surface area contributed by atoms with Crippen molar-refractivity contribution in [2.24, 2.45) is 5.16 Å². The highest BCUT2D eigenvalue weighted by Gasteiger charge is 2.43. The van der Waals surface area contributed by atoms with Gasteiger partial charge in [-0.25, -0.2) is 4.79 Å². The summed E-state index contributed by atoms with van der Waals surface area (Å²) in [7, 11) is 0. The molecule has 0 aliphatic carbocycles. The molecule has 0 unspecified atom stereocenters. The monoisotopic (exact) mass is 345 g/mol. The number of nitrogens with zero attached hydrogens (tertiary/aromatic N) is 1. The Hall–Kier alpha value is -1.14. The smallest absolute Gasteiger partial charge is 0.344 e. The number of aliphatic hydroxyl groups excluding tert-OH is 1. The predicted octanol–water partition coefficient (Wildman–Crippen LogP) is 3.55. The minimum atomic E-state index is -0.545. The summed E-state index contributed by atoms with van der Waals surface area (Å²) < 4.78 is 5.67. The molecule has 0 radical (unpaired) electrons. The molecule has 0 atom stereocenters. The van der Waals surface area contributed by atoms with Gasteiger partial charge in [0.1, 0.15) is 23.5 Å². The molecular weight excluding hydrogens is 326 g/mol. The second kappa shape index (κ2) is 7.92. The first-order valence-corrected chi connectivity index (χ1v) is 8.88.